The number of hydrogen-bond acceptors (Lipinski definition) is 3. The van der Waals surface area contributed by atoms with E-state index in [-0.39, 0.29) is 11.7 Å². The number of aryl methyl sites for hydroxylation is 3. The summed E-state index contributed by atoms with van der Waals surface area (Å²) < 4.78 is 6.03. The quantitative estimate of drug-likeness (QED) is 0.640. The van der Waals surface area contributed by atoms with Gasteiger partial charge >= 0.3 is 0 Å². The van der Waals surface area contributed by atoms with Gasteiger partial charge in [0.15, 0.2) is 0 Å². The first-order valence-electron chi connectivity index (χ1n) is 9.30. The van der Waals surface area contributed by atoms with Crippen LogP contribution in [0.15, 0.2) is 60.7 Å². The number of nitrogens with one attached hydrogen (secondary N) is 1. The Morgan fingerprint density at radius 2 is 1.57 bits per heavy atom. The van der Waals surface area contributed by atoms with Crippen molar-refractivity contribution in [1.82, 2.24) is 5.32 Å². The molecule has 28 heavy (non-hydrogen) atoms. The predicted molar refractivity (Wildman–Crippen MR) is 111 cm³/mol. The molecule has 0 aliphatic rings. The molecule has 3 aromatic carbocycles. The molecule has 4 heteroatoms. The van der Waals surface area contributed by atoms with Crippen molar-refractivity contribution in [2.75, 3.05) is 0 Å². The summed E-state index contributed by atoms with van der Waals surface area (Å²) in [4.78, 5) is 12.3. The molecular weight excluding hydrogens is 350 g/mol. The highest BCUT2D eigenvalue weighted by Gasteiger charge is 2.11. The van der Waals surface area contributed by atoms with Gasteiger partial charge in [0.05, 0.1) is 6.42 Å². The highest BCUT2D eigenvalue weighted by Crippen LogP contribution is 2.32. The molecule has 0 bridgehead atoms. The summed E-state index contributed by atoms with van der Waals surface area (Å²) in [6.07, 6.45) is 0.326. The first kappa shape index (κ1) is 19.5. The molecule has 2 N–H and O–H groups in total. The van der Waals surface area contributed by atoms with E-state index in [9.17, 15) is 9.90 Å². The Kier molecular flexibility index (Phi) is 5.99. The number of hydrogen-bond donors (Lipinski definition) is 2. The average molecular weight is 375 g/mol. The second-order valence-electron chi connectivity index (χ2n) is 7.05. The van der Waals surface area contributed by atoms with Gasteiger partial charge in [-0.15, -0.1) is 0 Å². The molecule has 3 aromatic rings. The van der Waals surface area contributed by atoms with Crippen LogP contribution < -0.4 is 10.1 Å². The van der Waals surface area contributed by atoms with E-state index >= 15 is 0 Å². The summed E-state index contributed by atoms with van der Waals surface area (Å²) in [5.41, 5.74) is 4.73. The number of phenols is 1. The SMILES string of the molecule is Cc1cc(Oc2c(C)cc(CC(=O)NCc3ccccc3)cc2C)ccc1O. The number of phenolic OH excluding ortho intramolecular Hbond substituents is 1. The smallest absolute Gasteiger partial charge is 0.224 e. The number of aromatic hydroxyl groups is 1. The van der Waals surface area contributed by atoms with E-state index in [1.165, 1.54) is 0 Å². The van der Waals surface area contributed by atoms with E-state index in [1.807, 2.05) is 63.2 Å². The van der Waals surface area contributed by atoms with Crippen LogP contribution in [0.3, 0.4) is 0 Å². The molecule has 0 radical (unpaired) electrons. The van der Waals surface area contributed by atoms with Crippen molar-refractivity contribution >= 4 is 5.91 Å². The van der Waals surface area contributed by atoms with Crippen molar-refractivity contribution in [3.8, 4) is 17.2 Å². The Bertz CT molecular complexity index is 957. The largest absolute Gasteiger partial charge is 0.508 e. The zero-order valence-electron chi connectivity index (χ0n) is 16.5. The van der Waals surface area contributed by atoms with Crippen LogP contribution >= 0.6 is 0 Å². The number of rotatable bonds is 6. The molecule has 0 atom stereocenters. The van der Waals surface area contributed by atoms with Gasteiger partial charge in [-0.2, -0.15) is 0 Å². The Hall–Kier alpha value is -3.27. The molecule has 0 aliphatic heterocycles. The summed E-state index contributed by atoms with van der Waals surface area (Å²) >= 11 is 0. The molecule has 144 valence electrons. The molecule has 0 spiro atoms. The molecule has 0 saturated heterocycles. The van der Waals surface area contributed by atoms with Crippen molar-refractivity contribution in [2.24, 2.45) is 0 Å². The zero-order valence-corrected chi connectivity index (χ0v) is 16.5. The molecule has 0 aliphatic carbocycles. The maximum absolute atomic E-state index is 12.3. The molecule has 0 fully saturated rings. The van der Waals surface area contributed by atoms with E-state index in [0.717, 1.165) is 33.6 Å². The van der Waals surface area contributed by atoms with Gasteiger partial charge in [0.25, 0.3) is 0 Å². The van der Waals surface area contributed by atoms with Gasteiger partial charge in [0.2, 0.25) is 5.91 Å². The normalized spacial score (nSPS) is 10.5. The van der Waals surface area contributed by atoms with E-state index in [0.29, 0.717) is 18.7 Å². The van der Waals surface area contributed by atoms with Crippen molar-refractivity contribution < 1.29 is 14.6 Å². The number of carbonyl (C=O) groups excluding carboxylic acids is 1. The summed E-state index contributed by atoms with van der Waals surface area (Å²) in [6.45, 7) is 6.31. The third-order valence-electron chi connectivity index (χ3n) is 4.61. The standard InChI is InChI=1S/C24H25NO3/c1-16-13-21(9-10-22(16)26)28-24-17(2)11-20(12-18(24)3)14-23(27)25-15-19-7-5-4-6-8-19/h4-13,26H,14-15H2,1-3H3,(H,25,27). The lowest BCUT2D eigenvalue weighted by molar-refractivity contribution is -0.120. The maximum atomic E-state index is 12.3. The van der Waals surface area contributed by atoms with Crippen LogP contribution in [0, 0.1) is 20.8 Å². The van der Waals surface area contributed by atoms with Crippen LogP contribution in [-0.2, 0) is 17.8 Å². The highest BCUT2D eigenvalue weighted by molar-refractivity contribution is 5.78. The van der Waals surface area contributed by atoms with Crippen molar-refractivity contribution in [1.29, 1.82) is 0 Å². The minimum absolute atomic E-state index is 0.00881. The van der Waals surface area contributed by atoms with Gasteiger partial charge in [-0.05, 0) is 66.8 Å². The Morgan fingerprint density at radius 1 is 0.893 bits per heavy atom. The Labute approximate surface area is 165 Å². The maximum Gasteiger partial charge on any atom is 0.224 e. The fourth-order valence-corrected chi connectivity index (χ4v) is 3.16. The lowest BCUT2D eigenvalue weighted by atomic mass is 10.0. The number of carbonyl (C=O) groups is 1. The van der Waals surface area contributed by atoms with Gasteiger partial charge in [0, 0.05) is 6.54 Å². The molecule has 0 saturated carbocycles. The third-order valence-corrected chi connectivity index (χ3v) is 4.61. The summed E-state index contributed by atoms with van der Waals surface area (Å²) in [6, 6.07) is 19.0. The first-order chi connectivity index (χ1) is 13.4. The van der Waals surface area contributed by atoms with E-state index in [1.54, 1.807) is 18.2 Å². The minimum atomic E-state index is -0.00881. The molecule has 0 heterocycles. The molecular formula is C24H25NO3. The molecule has 1 amide bonds. The van der Waals surface area contributed by atoms with E-state index in [4.69, 9.17) is 4.74 Å². The van der Waals surface area contributed by atoms with Crippen LogP contribution in [0.2, 0.25) is 0 Å². The van der Waals surface area contributed by atoms with E-state index < -0.39 is 0 Å². The second kappa shape index (κ2) is 8.61. The van der Waals surface area contributed by atoms with Gasteiger partial charge in [-0.3, -0.25) is 4.79 Å². The monoisotopic (exact) mass is 375 g/mol. The molecule has 3 rings (SSSR count). The first-order valence-corrected chi connectivity index (χ1v) is 9.30. The van der Waals surface area contributed by atoms with Gasteiger partial charge < -0.3 is 15.2 Å². The average Bonchev–Trinajstić information content (AvgIpc) is 2.67. The second-order valence-corrected chi connectivity index (χ2v) is 7.05. The van der Waals surface area contributed by atoms with Gasteiger partial charge in [0.1, 0.15) is 17.2 Å². The number of ether oxygens (including phenoxy) is 1. The lowest BCUT2D eigenvalue weighted by Gasteiger charge is -2.14. The summed E-state index contributed by atoms with van der Waals surface area (Å²) in [7, 11) is 0. The number of amides is 1. The zero-order chi connectivity index (χ0) is 20.1. The summed E-state index contributed by atoms with van der Waals surface area (Å²) in [5, 5.41) is 12.6. The molecule has 0 aromatic heterocycles. The lowest BCUT2D eigenvalue weighted by Crippen LogP contribution is -2.24. The fraction of sp³-hybridized carbons (Fsp3) is 0.208. The van der Waals surface area contributed by atoms with Crippen molar-refractivity contribution in [2.45, 2.75) is 33.7 Å². The van der Waals surface area contributed by atoms with Crippen molar-refractivity contribution in [3.05, 3.63) is 88.5 Å². The van der Waals surface area contributed by atoms with Crippen LogP contribution in [0.25, 0.3) is 0 Å². The van der Waals surface area contributed by atoms with Crippen LogP contribution in [0.5, 0.6) is 17.2 Å². The van der Waals surface area contributed by atoms with Crippen LogP contribution in [-0.4, -0.2) is 11.0 Å². The number of benzene rings is 3. The molecule has 0 unspecified atom stereocenters. The highest BCUT2D eigenvalue weighted by atomic mass is 16.5. The van der Waals surface area contributed by atoms with Crippen LogP contribution in [0.4, 0.5) is 0 Å². The Morgan fingerprint density at radius 3 is 2.21 bits per heavy atom. The Balaban J connectivity index is 1.67. The van der Waals surface area contributed by atoms with Gasteiger partial charge in [-0.1, -0.05) is 42.5 Å². The minimum Gasteiger partial charge on any atom is -0.508 e. The van der Waals surface area contributed by atoms with Crippen LogP contribution in [0.1, 0.15) is 27.8 Å². The van der Waals surface area contributed by atoms with Crippen molar-refractivity contribution in [3.63, 3.8) is 0 Å². The van der Waals surface area contributed by atoms with E-state index in [2.05, 4.69) is 5.32 Å². The third kappa shape index (κ3) is 4.92. The topological polar surface area (TPSA) is 58.6 Å². The fourth-order valence-electron chi connectivity index (χ4n) is 3.16. The predicted octanol–water partition coefficient (Wildman–Crippen LogP) is 4.97. The summed E-state index contributed by atoms with van der Waals surface area (Å²) in [5.74, 6) is 1.69. The molecule has 4 nitrogen and oxygen atoms in total. The van der Waals surface area contributed by atoms with Gasteiger partial charge in [-0.25, -0.2) is 0 Å².